The van der Waals surface area contributed by atoms with E-state index in [1.807, 2.05) is 26.8 Å². The summed E-state index contributed by atoms with van der Waals surface area (Å²) >= 11 is -2.11. The highest BCUT2D eigenvalue weighted by atomic mass is 32.2. The second-order valence-electron chi connectivity index (χ2n) is 6.44. The van der Waals surface area contributed by atoms with Gasteiger partial charge in [-0.2, -0.15) is 9.28 Å². The zero-order valence-electron chi connectivity index (χ0n) is 12.7. The average molecular weight is 320 g/mol. The molecule has 2 atom stereocenters. The Morgan fingerprint density at radius 2 is 2.00 bits per heavy atom. The van der Waals surface area contributed by atoms with E-state index in [2.05, 4.69) is 0 Å². The Kier molecular flexibility index (Phi) is 3.36. The van der Waals surface area contributed by atoms with Crippen LogP contribution in [0.1, 0.15) is 26.3 Å². The maximum absolute atomic E-state index is 12.6. The molecule has 0 saturated carbocycles. The third-order valence-corrected chi connectivity index (χ3v) is 4.43. The zero-order chi connectivity index (χ0) is 16.1. The molecule has 0 radical (unpaired) electrons. The normalized spacial score (nSPS) is 24.2. The molecule has 0 saturated heterocycles. The molecular weight excluding hydrogens is 302 g/mol. The van der Waals surface area contributed by atoms with Gasteiger partial charge in [-0.25, -0.2) is 4.21 Å². The summed E-state index contributed by atoms with van der Waals surface area (Å²) in [6.45, 7) is 6.01. The largest absolute Gasteiger partial charge is 0.526 e. The third kappa shape index (κ3) is 2.24. The molecule has 2 unspecified atom stereocenters. The minimum atomic E-state index is -2.11. The lowest BCUT2D eigenvalue weighted by Gasteiger charge is -2.37. The van der Waals surface area contributed by atoms with Crippen LogP contribution in [0.3, 0.4) is 0 Å². The van der Waals surface area contributed by atoms with Crippen LogP contribution in [0.4, 0.5) is 4.79 Å². The van der Waals surface area contributed by atoms with Crippen molar-refractivity contribution in [3.8, 4) is 0 Å². The van der Waals surface area contributed by atoms with Crippen molar-refractivity contribution in [2.75, 3.05) is 6.54 Å². The van der Waals surface area contributed by atoms with Crippen LogP contribution in [0.25, 0.3) is 5.70 Å². The van der Waals surface area contributed by atoms with Crippen molar-refractivity contribution in [1.29, 1.82) is 0 Å². The highest BCUT2D eigenvalue weighted by Crippen LogP contribution is 2.49. The number of nitrogens with zero attached hydrogens (tertiary/aromatic N) is 1. The molecule has 6 heteroatoms. The third-order valence-electron chi connectivity index (χ3n) is 3.70. The van der Waals surface area contributed by atoms with Gasteiger partial charge in [-0.1, -0.05) is 12.1 Å². The lowest BCUT2D eigenvalue weighted by Crippen LogP contribution is -2.53. The lowest BCUT2D eigenvalue weighted by molar-refractivity contribution is -0.737. The second-order valence-corrected chi connectivity index (χ2v) is 7.38. The monoisotopic (exact) mass is 320 g/mol. The number of quaternary nitrogens is 1. The van der Waals surface area contributed by atoms with Crippen LogP contribution in [0, 0.1) is 0 Å². The van der Waals surface area contributed by atoms with Crippen LogP contribution >= 0.6 is 0 Å². The van der Waals surface area contributed by atoms with Crippen LogP contribution in [0.15, 0.2) is 47.0 Å². The summed E-state index contributed by atoms with van der Waals surface area (Å²) in [6, 6.07) is 6.87. The molecule has 22 heavy (non-hydrogen) atoms. The standard InChI is InChI=1S/C16H17NO4S/c1-16(2,3)21-15(18)17-9-8-11(10-17)14(17)12-6-4-5-7-13(12)22(19)20/h4-9H,10H2,1-3H3/p+1. The van der Waals surface area contributed by atoms with Gasteiger partial charge in [-0.3, -0.25) is 0 Å². The topological polar surface area (TPSA) is 63.6 Å². The fraction of sp³-hybridized carbons (Fsp3) is 0.312. The van der Waals surface area contributed by atoms with E-state index in [0.29, 0.717) is 17.0 Å². The van der Waals surface area contributed by atoms with Crippen molar-refractivity contribution in [3.05, 3.63) is 47.7 Å². The van der Waals surface area contributed by atoms with Gasteiger partial charge in [-0.05, 0) is 32.9 Å². The molecule has 5 nitrogen and oxygen atoms in total. The number of carbonyl (C=O) groups excluding carboxylic acids is 1. The molecule has 1 aromatic rings. The van der Waals surface area contributed by atoms with Gasteiger partial charge in [0.2, 0.25) is 0 Å². The Morgan fingerprint density at radius 3 is 2.59 bits per heavy atom. The Bertz CT molecular complexity index is 745. The highest BCUT2D eigenvalue weighted by molar-refractivity contribution is 7.79. The Balaban J connectivity index is 2.02. The minimum absolute atomic E-state index is 0.0409. The number of hydrogen-bond donors (Lipinski definition) is 1. The van der Waals surface area contributed by atoms with E-state index in [0.717, 1.165) is 11.3 Å². The summed E-state index contributed by atoms with van der Waals surface area (Å²) in [4.78, 5) is 12.9. The quantitative estimate of drug-likeness (QED) is 0.671. The zero-order valence-corrected chi connectivity index (χ0v) is 13.5. The van der Waals surface area contributed by atoms with Crippen LogP contribution < -0.4 is 0 Å². The van der Waals surface area contributed by atoms with Crippen LogP contribution in [0.2, 0.25) is 0 Å². The van der Waals surface area contributed by atoms with E-state index in [-0.39, 0.29) is 10.6 Å². The molecule has 116 valence electrons. The van der Waals surface area contributed by atoms with Gasteiger partial charge in [0, 0.05) is 6.08 Å². The summed E-state index contributed by atoms with van der Waals surface area (Å²) in [5.41, 5.74) is 1.79. The molecule has 1 aromatic carbocycles. The average Bonchev–Trinajstić information content (AvgIpc) is 2.96. The second kappa shape index (κ2) is 4.87. The smallest absolute Gasteiger partial charge is 0.414 e. The van der Waals surface area contributed by atoms with Gasteiger partial charge < -0.3 is 9.29 Å². The summed E-state index contributed by atoms with van der Waals surface area (Å²) in [5, 5.41) is 0. The first-order valence-corrected chi connectivity index (χ1v) is 8.10. The minimum Gasteiger partial charge on any atom is -0.414 e. The molecule has 3 aliphatic heterocycles. The number of carbonyl (C=O) groups is 1. The molecule has 4 rings (SSSR count). The summed E-state index contributed by atoms with van der Waals surface area (Å²) in [6.07, 6.45) is 3.31. The fourth-order valence-electron chi connectivity index (χ4n) is 2.83. The Labute approximate surface area is 131 Å². The van der Waals surface area contributed by atoms with Crippen molar-refractivity contribution in [1.82, 2.24) is 0 Å². The van der Waals surface area contributed by atoms with Crippen molar-refractivity contribution >= 4 is 22.9 Å². The Hall–Kier alpha value is -1.76. The first-order valence-electron chi connectivity index (χ1n) is 6.99. The number of amides is 1. The molecule has 0 fully saturated rings. The molecule has 0 spiro atoms. The van der Waals surface area contributed by atoms with Crippen molar-refractivity contribution in [3.63, 3.8) is 0 Å². The van der Waals surface area contributed by atoms with E-state index in [4.69, 9.17) is 4.74 Å². The molecule has 0 aromatic heterocycles. The van der Waals surface area contributed by atoms with E-state index in [9.17, 15) is 13.6 Å². The maximum atomic E-state index is 12.6. The van der Waals surface area contributed by atoms with Crippen LogP contribution in [-0.2, 0) is 15.8 Å². The molecular formula is C16H18NO4S+. The molecule has 1 amide bonds. The maximum Gasteiger partial charge on any atom is 0.526 e. The first-order chi connectivity index (χ1) is 10.2. The van der Waals surface area contributed by atoms with E-state index in [1.54, 1.807) is 30.5 Å². The van der Waals surface area contributed by atoms with Crippen molar-refractivity contribution in [2.24, 2.45) is 0 Å². The van der Waals surface area contributed by atoms with E-state index >= 15 is 0 Å². The van der Waals surface area contributed by atoms with Gasteiger partial charge in [0.15, 0.2) is 16.8 Å². The van der Waals surface area contributed by atoms with Gasteiger partial charge in [0.25, 0.3) is 0 Å². The van der Waals surface area contributed by atoms with Crippen LogP contribution in [-0.4, -0.2) is 31.5 Å². The molecule has 2 bridgehead atoms. The van der Waals surface area contributed by atoms with Gasteiger partial charge >= 0.3 is 6.09 Å². The SMILES string of the molecule is CC(C)(C)OC(=O)[N+]12C=CC(=C1c1ccccc1S(=O)O)C2. The summed E-state index contributed by atoms with van der Waals surface area (Å²) in [5.74, 6) is 0. The number of ether oxygens (including phenoxy) is 1. The van der Waals surface area contributed by atoms with Crippen molar-refractivity contribution in [2.45, 2.75) is 31.3 Å². The number of rotatable bonds is 2. The van der Waals surface area contributed by atoms with Gasteiger partial charge in [0.05, 0.1) is 16.0 Å². The van der Waals surface area contributed by atoms with Crippen LogP contribution in [0.5, 0.6) is 0 Å². The van der Waals surface area contributed by atoms with Gasteiger partial charge in [-0.15, -0.1) is 0 Å². The Morgan fingerprint density at radius 1 is 1.32 bits per heavy atom. The lowest BCUT2D eigenvalue weighted by atomic mass is 9.98. The molecule has 1 N–H and O–H groups in total. The molecule has 3 aliphatic rings. The molecule has 0 aliphatic carbocycles. The van der Waals surface area contributed by atoms with E-state index in [1.165, 1.54) is 0 Å². The summed E-state index contributed by atoms with van der Waals surface area (Å²) < 4.78 is 26.5. The predicted molar refractivity (Wildman–Crippen MR) is 82.9 cm³/mol. The molecule has 3 heterocycles. The van der Waals surface area contributed by atoms with Crippen molar-refractivity contribution < 1.29 is 22.8 Å². The summed E-state index contributed by atoms with van der Waals surface area (Å²) in [7, 11) is 0. The first kappa shape index (κ1) is 15.1. The highest BCUT2D eigenvalue weighted by Gasteiger charge is 2.57. The van der Waals surface area contributed by atoms with E-state index < -0.39 is 16.7 Å². The predicted octanol–water partition coefficient (Wildman–Crippen LogP) is 3.27. The van der Waals surface area contributed by atoms with Gasteiger partial charge in [0.1, 0.15) is 18.3 Å². The number of hydrogen-bond acceptors (Lipinski definition) is 3. The number of benzene rings is 1. The fourth-order valence-corrected chi connectivity index (χ4v) is 3.37.